The summed E-state index contributed by atoms with van der Waals surface area (Å²) in [5, 5.41) is 7.48. The molecule has 1 saturated heterocycles. The van der Waals surface area contributed by atoms with Crippen molar-refractivity contribution >= 4 is 23.4 Å². The van der Waals surface area contributed by atoms with Crippen LogP contribution < -0.4 is 10.6 Å². The van der Waals surface area contributed by atoms with Gasteiger partial charge in [-0.2, -0.15) is 11.8 Å². The lowest BCUT2D eigenvalue weighted by Crippen LogP contribution is -2.15. The van der Waals surface area contributed by atoms with E-state index in [2.05, 4.69) is 39.3 Å². The molecule has 2 heterocycles. The van der Waals surface area contributed by atoms with Crippen LogP contribution in [-0.2, 0) is 0 Å². The van der Waals surface area contributed by atoms with Gasteiger partial charge in [0.1, 0.15) is 17.5 Å². The first kappa shape index (κ1) is 13.5. The number of rotatable bonds is 6. The van der Waals surface area contributed by atoms with Crippen molar-refractivity contribution in [2.75, 3.05) is 29.5 Å². The number of hydrogen-bond donors (Lipinski definition) is 2. The Kier molecular flexibility index (Phi) is 5.11. The molecule has 1 aliphatic rings. The van der Waals surface area contributed by atoms with E-state index in [1.165, 1.54) is 18.6 Å². The fraction of sp³-hybridized carbons (Fsp3) is 0.692. The highest BCUT2D eigenvalue weighted by atomic mass is 32.2. The summed E-state index contributed by atoms with van der Waals surface area (Å²) in [6.07, 6.45) is 3.77. The molecule has 0 saturated carbocycles. The molecule has 1 aromatic heterocycles. The molecule has 1 aromatic rings. The van der Waals surface area contributed by atoms with Gasteiger partial charge in [-0.15, -0.1) is 0 Å². The van der Waals surface area contributed by atoms with E-state index in [1.807, 2.05) is 13.0 Å². The van der Waals surface area contributed by atoms with Crippen LogP contribution in [0.25, 0.3) is 0 Å². The minimum absolute atomic E-state index is 0.743. The van der Waals surface area contributed by atoms with E-state index < -0.39 is 0 Å². The van der Waals surface area contributed by atoms with E-state index >= 15 is 0 Å². The first-order chi connectivity index (χ1) is 8.78. The quantitative estimate of drug-likeness (QED) is 0.829. The summed E-state index contributed by atoms with van der Waals surface area (Å²) < 4.78 is 0. The Morgan fingerprint density at radius 1 is 1.33 bits per heavy atom. The molecular formula is C13H22N4S. The minimum Gasteiger partial charge on any atom is -0.370 e. The monoisotopic (exact) mass is 266 g/mol. The summed E-state index contributed by atoms with van der Waals surface area (Å²) >= 11 is 2.06. The first-order valence-corrected chi connectivity index (χ1v) is 7.78. The maximum absolute atomic E-state index is 4.43. The molecule has 4 nitrogen and oxygen atoms in total. The Hall–Kier alpha value is -0.970. The molecule has 1 aliphatic heterocycles. The highest BCUT2D eigenvalue weighted by Gasteiger charge is 2.15. The number of hydrogen-bond acceptors (Lipinski definition) is 5. The number of nitrogens with zero attached hydrogens (tertiary/aromatic N) is 2. The minimum atomic E-state index is 0.743. The second kappa shape index (κ2) is 6.83. The van der Waals surface area contributed by atoms with Gasteiger partial charge in [-0.3, -0.25) is 0 Å². The zero-order valence-electron chi connectivity index (χ0n) is 11.2. The number of aromatic nitrogens is 2. The van der Waals surface area contributed by atoms with Gasteiger partial charge in [0, 0.05) is 24.4 Å². The van der Waals surface area contributed by atoms with Crippen LogP contribution in [0.2, 0.25) is 0 Å². The predicted octanol–water partition coefficient (Wildman–Crippen LogP) is 2.91. The molecule has 1 atom stereocenters. The van der Waals surface area contributed by atoms with Crippen molar-refractivity contribution in [3.63, 3.8) is 0 Å². The number of nitrogens with one attached hydrogen (secondary N) is 2. The molecule has 0 aliphatic carbocycles. The normalized spacial score (nSPS) is 18.9. The van der Waals surface area contributed by atoms with Gasteiger partial charge in [-0.05, 0) is 31.9 Å². The van der Waals surface area contributed by atoms with Crippen LogP contribution in [-0.4, -0.2) is 34.1 Å². The van der Waals surface area contributed by atoms with Crippen LogP contribution in [0.15, 0.2) is 6.07 Å². The summed E-state index contributed by atoms with van der Waals surface area (Å²) in [7, 11) is 0. The van der Waals surface area contributed by atoms with E-state index in [1.54, 1.807) is 0 Å². The van der Waals surface area contributed by atoms with Gasteiger partial charge in [-0.1, -0.05) is 6.92 Å². The SMILES string of the molecule is CCCNc1cc(NCC2CCCS2)nc(C)n1. The van der Waals surface area contributed by atoms with Gasteiger partial charge in [0.2, 0.25) is 0 Å². The Morgan fingerprint density at radius 3 is 2.78 bits per heavy atom. The molecule has 0 spiro atoms. The third-order valence-electron chi connectivity index (χ3n) is 2.93. The standard InChI is InChI=1S/C13H22N4S/c1-3-6-14-12-8-13(17-10(2)16-12)15-9-11-5-4-7-18-11/h8,11H,3-7,9H2,1-2H3,(H2,14,15,16,17). The molecule has 1 unspecified atom stereocenters. The lowest BCUT2D eigenvalue weighted by molar-refractivity contribution is 0.802. The molecule has 5 heteroatoms. The molecule has 1 fully saturated rings. The summed E-state index contributed by atoms with van der Waals surface area (Å²) in [4.78, 5) is 8.82. The van der Waals surface area contributed by atoms with Crippen molar-refractivity contribution in [1.29, 1.82) is 0 Å². The van der Waals surface area contributed by atoms with Crippen LogP contribution in [0.1, 0.15) is 32.0 Å². The molecule has 0 bridgehead atoms. The third kappa shape index (κ3) is 4.05. The highest BCUT2D eigenvalue weighted by Crippen LogP contribution is 2.26. The number of anilines is 2. The Morgan fingerprint density at radius 2 is 2.11 bits per heavy atom. The maximum atomic E-state index is 4.43. The topological polar surface area (TPSA) is 49.8 Å². The van der Waals surface area contributed by atoms with Gasteiger partial charge in [0.15, 0.2) is 0 Å². The summed E-state index contributed by atoms with van der Waals surface area (Å²) in [6, 6.07) is 2.00. The zero-order chi connectivity index (χ0) is 12.8. The van der Waals surface area contributed by atoms with Gasteiger partial charge in [0.25, 0.3) is 0 Å². The summed E-state index contributed by atoms with van der Waals surface area (Å²) in [5.41, 5.74) is 0. The van der Waals surface area contributed by atoms with Crippen molar-refractivity contribution < 1.29 is 0 Å². The van der Waals surface area contributed by atoms with E-state index in [0.717, 1.165) is 42.2 Å². The fourth-order valence-corrected chi connectivity index (χ4v) is 3.23. The Balaban J connectivity index is 1.91. The van der Waals surface area contributed by atoms with Gasteiger partial charge in [-0.25, -0.2) is 9.97 Å². The van der Waals surface area contributed by atoms with Crippen molar-refractivity contribution in [1.82, 2.24) is 9.97 Å². The Labute approximate surface area is 113 Å². The van der Waals surface area contributed by atoms with Crippen molar-refractivity contribution in [3.05, 3.63) is 11.9 Å². The van der Waals surface area contributed by atoms with Crippen LogP contribution in [0, 0.1) is 6.92 Å². The summed E-state index contributed by atoms with van der Waals surface area (Å²) in [5.74, 6) is 3.98. The molecule has 2 N–H and O–H groups in total. The maximum Gasteiger partial charge on any atom is 0.131 e. The molecule has 0 radical (unpaired) electrons. The van der Waals surface area contributed by atoms with Crippen LogP contribution in [0.3, 0.4) is 0 Å². The van der Waals surface area contributed by atoms with E-state index in [0.29, 0.717) is 0 Å². The average molecular weight is 266 g/mol. The third-order valence-corrected chi connectivity index (χ3v) is 4.33. The van der Waals surface area contributed by atoms with Crippen LogP contribution in [0.5, 0.6) is 0 Å². The largest absolute Gasteiger partial charge is 0.370 e. The van der Waals surface area contributed by atoms with Crippen molar-refractivity contribution in [3.8, 4) is 0 Å². The van der Waals surface area contributed by atoms with E-state index in [-0.39, 0.29) is 0 Å². The highest BCUT2D eigenvalue weighted by molar-refractivity contribution is 8.00. The molecule has 18 heavy (non-hydrogen) atoms. The fourth-order valence-electron chi connectivity index (χ4n) is 2.03. The van der Waals surface area contributed by atoms with Crippen molar-refractivity contribution in [2.45, 2.75) is 38.4 Å². The number of aryl methyl sites for hydroxylation is 1. The average Bonchev–Trinajstić information content (AvgIpc) is 2.86. The van der Waals surface area contributed by atoms with Crippen LogP contribution >= 0.6 is 11.8 Å². The Bertz CT molecular complexity index is 377. The van der Waals surface area contributed by atoms with Gasteiger partial charge >= 0.3 is 0 Å². The lowest BCUT2D eigenvalue weighted by atomic mass is 10.2. The van der Waals surface area contributed by atoms with E-state index in [9.17, 15) is 0 Å². The molecule has 0 amide bonds. The second-order valence-corrected chi connectivity index (χ2v) is 6.04. The van der Waals surface area contributed by atoms with Crippen molar-refractivity contribution in [2.24, 2.45) is 0 Å². The zero-order valence-corrected chi connectivity index (χ0v) is 12.0. The second-order valence-electron chi connectivity index (χ2n) is 4.63. The molecular weight excluding hydrogens is 244 g/mol. The summed E-state index contributed by atoms with van der Waals surface area (Å²) in [6.45, 7) is 6.05. The molecule has 2 rings (SSSR count). The lowest BCUT2D eigenvalue weighted by Gasteiger charge is -2.12. The number of thioether (sulfide) groups is 1. The molecule has 100 valence electrons. The predicted molar refractivity (Wildman–Crippen MR) is 79.5 cm³/mol. The van der Waals surface area contributed by atoms with Gasteiger partial charge < -0.3 is 10.6 Å². The van der Waals surface area contributed by atoms with Gasteiger partial charge in [0.05, 0.1) is 0 Å². The van der Waals surface area contributed by atoms with Crippen LogP contribution in [0.4, 0.5) is 11.6 Å². The smallest absolute Gasteiger partial charge is 0.131 e. The van der Waals surface area contributed by atoms with E-state index in [4.69, 9.17) is 0 Å². The molecule has 0 aromatic carbocycles. The first-order valence-electron chi connectivity index (χ1n) is 6.73.